The number of anilines is 1. The van der Waals surface area contributed by atoms with Crippen molar-refractivity contribution in [2.24, 2.45) is 0 Å². The van der Waals surface area contributed by atoms with Gasteiger partial charge in [0.2, 0.25) is 5.95 Å². The van der Waals surface area contributed by atoms with E-state index in [0.717, 1.165) is 23.0 Å². The lowest BCUT2D eigenvalue weighted by atomic mass is 10.1. The zero-order chi connectivity index (χ0) is 12.5. The lowest BCUT2D eigenvalue weighted by Crippen LogP contribution is -2.07. The van der Waals surface area contributed by atoms with Crippen molar-refractivity contribution in [3.05, 3.63) is 58.1 Å². The molecule has 0 saturated heterocycles. The second-order valence-corrected chi connectivity index (χ2v) is 5.36. The Morgan fingerprint density at radius 3 is 2.94 bits per heavy atom. The first kappa shape index (κ1) is 11.7. The molecule has 92 valence electrons. The summed E-state index contributed by atoms with van der Waals surface area (Å²) in [6.07, 6.45) is 3.66. The minimum absolute atomic E-state index is 0.292. The van der Waals surface area contributed by atoms with E-state index in [2.05, 4.69) is 44.4 Å². The highest BCUT2D eigenvalue weighted by atomic mass is 79.9. The van der Waals surface area contributed by atoms with E-state index < -0.39 is 5.95 Å². The van der Waals surface area contributed by atoms with Gasteiger partial charge in [-0.3, -0.25) is 0 Å². The van der Waals surface area contributed by atoms with Crippen LogP contribution in [0.2, 0.25) is 0 Å². The number of hydrogen-bond acceptors (Lipinski definition) is 2. The van der Waals surface area contributed by atoms with Crippen LogP contribution in [0.1, 0.15) is 23.6 Å². The Bertz CT molecular complexity index is 569. The monoisotopic (exact) mass is 306 g/mol. The molecule has 1 atom stereocenters. The van der Waals surface area contributed by atoms with E-state index >= 15 is 0 Å². The third-order valence-corrected chi connectivity index (χ3v) is 3.74. The summed E-state index contributed by atoms with van der Waals surface area (Å²) in [7, 11) is 0. The average molecular weight is 307 g/mol. The largest absolute Gasteiger partial charge is 0.377 e. The predicted molar refractivity (Wildman–Crippen MR) is 73.0 cm³/mol. The molecule has 0 saturated carbocycles. The van der Waals surface area contributed by atoms with Crippen LogP contribution in [0.15, 0.2) is 41.0 Å². The van der Waals surface area contributed by atoms with Crippen LogP contribution in [0.3, 0.4) is 0 Å². The molecule has 0 aliphatic heterocycles. The molecule has 1 N–H and O–H groups in total. The average Bonchev–Trinajstić information content (AvgIpc) is 2.74. The SMILES string of the molecule is Fc1ccc(NC2CCc3cc(Br)ccc32)cn1. The molecular formula is C14H12BrFN2. The van der Waals surface area contributed by atoms with Crippen LogP contribution in [-0.4, -0.2) is 4.98 Å². The van der Waals surface area contributed by atoms with Gasteiger partial charge in [-0.1, -0.05) is 22.0 Å². The number of pyridine rings is 1. The Kier molecular flexibility index (Phi) is 3.04. The van der Waals surface area contributed by atoms with Crippen molar-refractivity contribution >= 4 is 21.6 Å². The number of rotatable bonds is 2. The minimum Gasteiger partial charge on any atom is -0.377 e. The highest BCUT2D eigenvalue weighted by Crippen LogP contribution is 2.35. The lowest BCUT2D eigenvalue weighted by Gasteiger charge is -2.15. The molecule has 1 aromatic carbocycles. The molecule has 0 fully saturated rings. The van der Waals surface area contributed by atoms with Crippen LogP contribution < -0.4 is 5.32 Å². The molecule has 1 aliphatic rings. The Labute approximate surface area is 113 Å². The summed E-state index contributed by atoms with van der Waals surface area (Å²) < 4.78 is 13.9. The fourth-order valence-corrected chi connectivity index (χ4v) is 2.81. The molecule has 0 radical (unpaired) electrons. The lowest BCUT2D eigenvalue weighted by molar-refractivity contribution is 0.583. The van der Waals surface area contributed by atoms with Gasteiger partial charge in [-0.15, -0.1) is 0 Å². The highest BCUT2D eigenvalue weighted by molar-refractivity contribution is 9.10. The van der Waals surface area contributed by atoms with Gasteiger partial charge in [0, 0.05) is 4.47 Å². The van der Waals surface area contributed by atoms with Crippen LogP contribution in [0, 0.1) is 5.95 Å². The summed E-state index contributed by atoms with van der Waals surface area (Å²) in [5.74, 6) is -0.448. The number of hydrogen-bond donors (Lipinski definition) is 1. The van der Waals surface area contributed by atoms with Gasteiger partial charge < -0.3 is 5.32 Å². The van der Waals surface area contributed by atoms with Crippen molar-refractivity contribution in [3.8, 4) is 0 Å². The van der Waals surface area contributed by atoms with Gasteiger partial charge >= 0.3 is 0 Å². The molecular weight excluding hydrogens is 295 g/mol. The fourth-order valence-electron chi connectivity index (χ4n) is 2.40. The Hall–Kier alpha value is -1.42. The van der Waals surface area contributed by atoms with E-state index in [1.807, 2.05) is 0 Å². The van der Waals surface area contributed by atoms with Gasteiger partial charge in [-0.2, -0.15) is 4.39 Å². The standard InChI is InChI=1S/C14H12BrFN2/c15-10-2-4-12-9(7-10)1-5-13(12)18-11-3-6-14(16)17-8-11/h2-4,6-8,13,18H,1,5H2. The fraction of sp³-hybridized carbons (Fsp3) is 0.214. The van der Waals surface area contributed by atoms with Crippen LogP contribution in [-0.2, 0) is 6.42 Å². The highest BCUT2D eigenvalue weighted by Gasteiger charge is 2.22. The maximum absolute atomic E-state index is 12.7. The molecule has 2 nitrogen and oxygen atoms in total. The van der Waals surface area contributed by atoms with Crippen molar-refractivity contribution in [1.29, 1.82) is 0 Å². The summed E-state index contributed by atoms with van der Waals surface area (Å²) in [6.45, 7) is 0. The first-order valence-corrected chi connectivity index (χ1v) is 6.68. The van der Waals surface area contributed by atoms with Gasteiger partial charge in [-0.05, 0) is 48.2 Å². The smallest absolute Gasteiger partial charge is 0.212 e. The van der Waals surface area contributed by atoms with E-state index in [1.54, 1.807) is 6.07 Å². The Morgan fingerprint density at radius 1 is 1.28 bits per heavy atom. The predicted octanol–water partition coefficient (Wildman–Crippen LogP) is 4.08. The van der Waals surface area contributed by atoms with Crippen molar-refractivity contribution < 1.29 is 4.39 Å². The molecule has 0 bridgehead atoms. The third-order valence-electron chi connectivity index (χ3n) is 3.25. The second-order valence-electron chi connectivity index (χ2n) is 4.45. The van der Waals surface area contributed by atoms with Gasteiger partial charge in [-0.25, -0.2) is 4.98 Å². The molecule has 2 aromatic rings. The van der Waals surface area contributed by atoms with E-state index in [1.165, 1.54) is 23.4 Å². The molecule has 0 spiro atoms. The molecule has 4 heteroatoms. The zero-order valence-electron chi connectivity index (χ0n) is 9.66. The number of nitrogens with zero attached hydrogens (tertiary/aromatic N) is 1. The quantitative estimate of drug-likeness (QED) is 0.846. The molecule has 1 aromatic heterocycles. The first-order chi connectivity index (χ1) is 8.72. The maximum Gasteiger partial charge on any atom is 0.212 e. The van der Waals surface area contributed by atoms with E-state index in [4.69, 9.17) is 0 Å². The summed E-state index contributed by atoms with van der Waals surface area (Å²) in [6, 6.07) is 9.75. The van der Waals surface area contributed by atoms with E-state index in [-0.39, 0.29) is 0 Å². The van der Waals surface area contributed by atoms with Crippen molar-refractivity contribution in [2.75, 3.05) is 5.32 Å². The molecule has 0 amide bonds. The molecule has 3 rings (SSSR count). The normalized spacial score (nSPS) is 17.6. The van der Waals surface area contributed by atoms with Crippen molar-refractivity contribution in [1.82, 2.24) is 4.98 Å². The van der Waals surface area contributed by atoms with Crippen LogP contribution >= 0.6 is 15.9 Å². The third kappa shape index (κ3) is 2.25. The number of nitrogens with one attached hydrogen (secondary N) is 1. The minimum atomic E-state index is -0.448. The Balaban J connectivity index is 1.82. The molecule has 1 aliphatic carbocycles. The topological polar surface area (TPSA) is 24.9 Å². The van der Waals surface area contributed by atoms with Crippen molar-refractivity contribution in [2.45, 2.75) is 18.9 Å². The number of benzene rings is 1. The van der Waals surface area contributed by atoms with Crippen LogP contribution in [0.25, 0.3) is 0 Å². The van der Waals surface area contributed by atoms with Gasteiger partial charge in [0.15, 0.2) is 0 Å². The van der Waals surface area contributed by atoms with Gasteiger partial charge in [0.1, 0.15) is 0 Å². The number of aromatic nitrogens is 1. The molecule has 1 unspecified atom stereocenters. The first-order valence-electron chi connectivity index (χ1n) is 5.89. The van der Waals surface area contributed by atoms with E-state index in [0.29, 0.717) is 6.04 Å². The van der Waals surface area contributed by atoms with Crippen molar-refractivity contribution in [3.63, 3.8) is 0 Å². The second kappa shape index (κ2) is 4.69. The summed E-state index contributed by atoms with van der Waals surface area (Å²) in [5.41, 5.74) is 3.55. The van der Waals surface area contributed by atoms with Crippen LogP contribution in [0.4, 0.5) is 10.1 Å². The number of halogens is 2. The van der Waals surface area contributed by atoms with Gasteiger partial charge in [0.25, 0.3) is 0 Å². The Morgan fingerprint density at radius 2 is 2.17 bits per heavy atom. The molecule has 1 heterocycles. The number of fused-ring (bicyclic) bond motifs is 1. The van der Waals surface area contributed by atoms with Crippen LogP contribution in [0.5, 0.6) is 0 Å². The summed E-state index contributed by atoms with van der Waals surface area (Å²) in [5, 5.41) is 3.40. The zero-order valence-corrected chi connectivity index (χ0v) is 11.2. The summed E-state index contributed by atoms with van der Waals surface area (Å²) >= 11 is 3.49. The maximum atomic E-state index is 12.7. The molecule has 18 heavy (non-hydrogen) atoms. The summed E-state index contributed by atoms with van der Waals surface area (Å²) in [4.78, 5) is 3.65. The number of aryl methyl sites for hydroxylation is 1. The van der Waals surface area contributed by atoms with Gasteiger partial charge in [0.05, 0.1) is 17.9 Å². The van der Waals surface area contributed by atoms with E-state index in [9.17, 15) is 4.39 Å².